The molecule has 0 bridgehead atoms. The summed E-state index contributed by atoms with van der Waals surface area (Å²) in [7, 11) is 3.53. The fourth-order valence-electron chi connectivity index (χ4n) is 3.91. The highest BCUT2D eigenvalue weighted by molar-refractivity contribution is 5.73. The predicted octanol–water partition coefficient (Wildman–Crippen LogP) is 7.00. The molecular formula is C25H52N2O2. The largest absolute Gasteiger partial charge is 0.395 e. The summed E-state index contributed by atoms with van der Waals surface area (Å²) in [6.07, 6.45) is 24.7. The molecule has 0 saturated carbocycles. The summed E-state index contributed by atoms with van der Waals surface area (Å²) in [5.41, 5.74) is 0. The van der Waals surface area contributed by atoms with Crippen molar-refractivity contribution in [2.24, 2.45) is 0 Å². The molecule has 0 aliphatic rings. The van der Waals surface area contributed by atoms with E-state index in [9.17, 15) is 4.79 Å². The van der Waals surface area contributed by atoms with Crippen molar-refractivity contribution in [1.29, 1.82) is 0 Å². The molecule has 0 aromatic heterocycles. The van der Waals surface area contributed by atoms with E-state index in [1.807, 2.05) is 0 Å². The van der Waals surface area contributed by atoms with Crippen LogP contribution in [0.3, 0.4) is 0 Å². The van der Waals surface area contributed by atoms with Crippen LogP contribution in [0, 0.1) is 0 Å². The van der Waals surface area contributed by atoms with Crippen molar-refractivity contribution in [2.45, 2.75) is 122 Å². The van der Waals surface area contributed by atoms with Gasteiger partial charge >= 0.3 is 6.03 Å². The van der Waals surface area contributed by atoms with Gasteiger partial charge in [0, 0.05) is 27.2 Å². The first-order valence-electron chi connectivity index (χ1n) is 12.7. The fraction of sp³-hybridized carbons (Fsp3) is 0.960. The lowest BCUT2D eigenvalue weighted by Crippen LogP contribution is -2.41. The first-order valence-corrected chi connectivity index (χ1v) is 12.7. The van der Waals surface area contributed by atoms with Crippen LogP contribution in [-0.4, -0.2) is 54.7 Å². The lowest BCUT2D eigenvalue weighted by atomic mass is 10.0. The number of urea groups is 1. The van der Waals surface area contributed by atoms with Gasteiger partial charge in [0.25, 0.3) is 0 Å². The highest BCUT2D eigenvalue weighted by atomic mass is 16.3. The molecule has 0 aliphatic carbocycles. The molecule has 1 N–H and O–H groups in total. The Balaban J connectivity index is 3.30. The molecule has 4 nitrogen and oxygen atoms in total. The molecule has 174 valence electrons. The van der Waals surface area contributed by atoms with Gasteiger partial charge in [0.1, 0.15) is 0 Å². The molecule has 0 fully saturated rings. The highest BCUT2D eigenvalue weighted by Crippen LogP contribution is 2.14. The third-order valence-electron chi connectivity index (χ3n) is 5.80. The number of carbonyl (C=O) groups excluding carboxylic acids is 1. The number of hydrogen-bond donors (Lipinski definition) is 1. The number of nitrogens with zero attached hydrogens (tertiary/aromatic N) is 2. The van der Waals surface area contributed by atoms with Crippen LogP contribution in [0.1, 0.15) is 122 Å². The zero-order valence-corrected chi connectivity index (χ0v) is 20.1. The Kier molecular flexibility index (Phi) is 21.3. The van der Waals surface area contributed by atoms with Crippen LogP contribution in [-0.2, 0) is 0 Å². The fourth-order valence-corrected chi connectivity index (χ4v) is 3.91. The van der Waals surface area contributed by atoms with Crippen LogP contribution in [0.25, 0.3) is 0 Å². The first kappa shape index (κ1) is 28.2. The molecular weight excluding hydrogens is 360 g/mol. The van der Waals surface area contributed by atoms with Crippen molar-refractivity contribution < 1.29 is 9.90 Å². The second-order valence-corrected chi connectivity index (χ2v) is 8.90. The van der Waals surface area contributed by atoms with E-state index in [4.69, 9.17) is 5.11 Å². The highest BCUT2D eigenvalue weighted by Gasteiger charge is 2.13. The third kappa shape index (κ3) is 19.0. The summed E-state index contributed by atoms with van der Waals surface area (Å²) in [6, 6.07) is 0.00558. The second kappa shape index (κ2) is 21.9. The van der Waals surface area contributed by atoms with Gasteiger partial charge in [0.05, 0.1) is 6.61 Å². The number of aliphatic hydroxyl groups is 1. The van der Waals surface area contributed by atoms with Gasteiger partial charge in [-0.05, 0) is 6.42 Å². The summed E-state index contributed by atoms with van der Waals surface area (Å²) in [6.45, 7) is 3.53. The second-order valence-electron chi connectivity index (χ2n) is 8.90. The lowest BCUT2D eigenvalue weighted by Gasteiger charge is -2.25. The molecule has 0 saturated heterocycles. The Morgan fingerprint density at radius 1 is 0.586 bits per heavy atom. The molecule has 0 aliphatic heterocycles. The molecule has 4 heteroatoms. The van der Waals surface area contributed by atoms with Gasteiger partial charge in [0.2, 0.25) is 0 Å². The zero-order chi connectivity index (χ0) is 21.6. The van der Waals surface area contributed by atoms with Gasteiger partial charge in [-0.3, -0.25) is 0 Å². The Bertz CT molecular complexity index is 348. The Labute approximate surface area is 182 Å². The summed E-state index contributed by atoms with van der Waals surface area (Å²) >= 11 is 0. The van der Waals surface area contributed by atoms with E-state index in [0.29, 0.717) is 6.54 Å². The van der Waals surface area contributed by atoms with Crippen LogP contribution in [0.4, 0.5) is 4.79 Å². The van der Waals surface area contributed by atoms with E-state index in [0.717, 1.165) is 13.0 Å². The number of aliphatic hydroxyl groups excluding tert-OH is 1. The summed E-state index contributed by atoms with van der Waals surface area (Å²) in [4.78, 5) is 15.3. The van der Waals surface area contributed by atoms with Crippen molar-refractivity contribution in [2.75, 3.05) is 33.8 Å². The maximum atomic E-state index is 12.0. The van der Waals surface area contributed by atoms with E-state index in [1.54, 1.807) is 23.9 Å². The lowest BCUT2D eigenvalue weighted by molar-refractivity contribution is 0.153. The minimum Gasteiger partial charge on any atom is -0.395 e. The Morgan fingerprint density at radius 2 is 0.931 bits per heavy atom. The summed E-state index contributed by atoms with van der Waals surface area (Å²) in [5, 5.41) is 9.11. The summed E-state index contributed by atoms with van der Waals surface area (Å²) in [5.74, 6) is 0. The molecule has 0 unspecified atom stereocenters. The monoisotopic (exact) mass is 412 g/mol. The summed E-state index contributed by atoms with van der Waals surface area (Å²) < 4.78 is 0. The minimum atomic E-state index is 0.00558. The normalized spacial score (nSPS) is 11.0. The van der Waals surface area contributed by atoms with Crippen molar-refractivity contribution in [1.82, 2.24) is 9.80 Å². The third-order valence-corrected chi connectivity index (χ3v) is 5.80. The molecule has 0 radical (unpaired) electrons. The van der Waals surface area contributed by atoms with Gasteiger partial charge in [-0.15, -0.1) is 0 Å². The smallest absolute Gasteiger partial charge is 0.319 e. The minimum absolute atomic E-state index is 0.00558. The molecule has 0 aromatic rings. The number of rotatable bonds is 21. The number of carbonyl (C=O) groups is 1. The topological polar surface area (TPSA) is 43.8 Å². The molecule has 0 atom stereocenters. The SMILES string of the molecule is CCCCCCCCCCCCCCCCCCCCN(CCO)C(=O)N(C)C. The number of amides is 2. The molecule has 29 heavy (non-hydrogen) atoms. The van der Waals surface area contributed by atoms with E-state index >= 15 is 0 Å². The molecule has 0 heterocycles. The number of hydrogen-bond acceptors (Lipinski definition) is 2. The van der Waals surface area contributed by atoms with E-state index in [-0.39, 0.29) is 12.6 Å². The molecule has 0 rings (SSSR count). The first-order chi connectivity index (χ1) is 14.1. The maximum Gasteiger partial charge on any atom is 0.319 e. The van der Waals surface area contributed by atoms with Crippen LogP contribution >= 0.6 is 0 Å². The molecule has 2 amide bonds. The van der Waals surface area contributed by atoms with Crippen LogP contribution in [0.15, 0.2) is 0 Å². The maximum absolute atomic E-state index is 12.0. The van der Waals surface area contributed by atoms with Gasteiger partial charge in [-0.2, -0.15) is 0 Å². The van der Waals surface area contributed by atoms with Crippen molar-refractivity contribution in [3.8, 4) is 0 Å². The van der Waals surface area contributed by atoms with E-state index in [2.05, 4.69) is 6.92 Å². The Hall–Kier alpha value is -0.770. The van der Waals surface area contributed by atoms with Gasteiger partial charge in [-0.25, -0.2) is 4.79 Å². The predicted molar refractivity (Wildman–Crippen MR) is 127 cm³/mol. The van der Waals surface area contributed by atoms with Gasteiger partial charge in [-0.1, -0.05) is 116 Å². The number of unbranched alkanes of at least 4 members (excludes halogenated alkanes) is 17. The van der Waals surface area contributed by atoms with Crippen LogP contribution in [0.2, 0.25) is 0 Å². The standard InChI is InChI=1S/C25H52N2O2/c1-4-5-6-7-8-9-10-11-12-13-14-15-16-17-18-19-20-21-22-27(23-24-28)25(29)26(2)3/h28H,4-24H2,1-3H3. The van der Waals surface area contributed by atoms with Gasteiger partial charge in [0.15, 0.2) is 0 Å². The quantitative estimate of drug-likeness (QED) is 0.206. The molecule has 0 spiro atoms. The van der Waals surface area contributed by atoms with Crippen LogP contribution in [0.5, 0.6) is 0 Å². The van der Waals surface area contributed by atoms with E-state index < -0.39 is 0 Å². The van der Waals surface area contributed by atoms with Crippen molar-refractivity contribution >= 4 is 6.03 Å². The average Bonchev–Trinajstić information content (AvgIpc) is 2.71. The zero-order valence-electron chi connectivity index (χ0n) is 20.1. The average molecular weight is 413 g/mol. The van der Waals surface area contributed by atoms with E-state index in [1.165, 1.54) is 109 Å². The van der Waals surface area contributed by atoms with Crippen molar-refractivity contribution in [3.05, 3.63) is 0 Å². The van der Waals surface area contributed by atoms with Crippen molar-refractivity contribution in [3.63, 3.8) is 0 Å². The van der Waals surface area contributed by atoms with Gasteiger partial charge < -0.3 is 14.9 Å². The van der Waals surface area contributed by atoms with Crippen LogP contribution < -0.4 is 0 Å². The Morgan fingerprint density at radius 3 is 1.24 bits per heavy atom. The molecule has 0 aromatic carbocycles.